The van der Waals surface area contributed by atoms with Crippen molar-refractivity contribution in [3.63, 3.8) is 0 Å². The monoisotopic (exact) mass is 437 g/mol. The predicted molar refractivity (Wildman–Crippen MR) is 133 cm³/mol. The Morgan fingerprint density at radius 1 is 1.12 bits per heavy atom. The number of hydrogen-bond donors (Lipinski definition) is 2. The Morgan fingerprint density at radius 2 is 1.88 bits per heavy atom. The molecule has 0 saturated carbocycles. The minimum atomic E-state index is 0.426. The molecule has 0 radical (unpaired) electrons. The second-order valence-electron chi connectivity index (χ2n) is 8.86. The van der Waals surface area contributed by atoms with Gasteiger partial charge in [-0.3, -0.25) is 9.89 Å². The van der Waals surface area contributed by atoms with Crippen molar-refractivity contribution in [1.29, 1.82) is 0 Å². The normalized spacial score (nSPS) is 19.7. The van der Waals surface area contributed by atoms with Crippen molar-refractivity contribution in [2.24, 2.45) is 4.99 Å². The van der Waals surface area contributed by atoms with Crippen molar-refractivity contribution < 1.29 is 4.74 Å². The first kappa shape index (κ1) is 24.1. The summed E-state index contributed by atoms with van der Waals surface area (Å²) in [6, 6.07) is 19.9. The molecule has 6 heteroatoms. The number of guanidine groups is 1. The summed E-state index contributed by atoms with van der Waals surface area (Å²) >= 11 is 0. The fraction of sp³-hybridized carbons (Fsp3) is 0.500. The lowest BCUT2D eigenvalue weighted by Crippen LogP contribution is -2.51. The number of ether oxygens (including phenoxy) is 1. The third kappa shape index (κ3) is 7.53. The lowest BCUT2D eigenvalue weighted by atomic mass is 9.97. The summed E-state index contributed by atoms with van der Waals surface area (Å²) in [6.07, 6.45) is 2.22. The quantitative estimate of drug-likeness (QED) is 0.466. The molecule has 1 aliphatic heterocycles. The molecular weight excluding hydrogens is 398 g/mol. The third-order valence-electron chi connectivity index (χ3n) is 6.02. The maximum atomic E-state index is 5.99. The van der Waals surface area contributed by atoms with E-state index in [2.05, 4.69) is 88.9 Å². The zero-order chi connectivity index (χ0) is 22.8. The molecule has 174 valence electrons. The van der Waals surface area contributed by atoms with Gasteiger partial charge in [0.25, 0.3) is 0 Å². The molecule has 1 heterocycles. The molecule has 2 N–H and O–H groups in total. The highest BCUT2D eigenvalue weighted by Crippen LogP contribution is 2.20. The standard InChI is InChI=1S/C26H39N5O/c1-21-18-24(14-15-31(21)20-22-10-6-5-7-11-22)29-26(27-2)28-19-23-12-8-9-13-25(23)32-17-16-30(3)4/h5-13,21,24H,14-20H2,1-4H3,(H2,27,28,29). The number of aliphatic imine (C=N–C) groups is 1. The van der Waals surface area contributed by atoms with Gasteiger partial charge in [-0.05, 0) is 45.5 Å². The molecule has 6 nitrogen and oxygen atoms in total. The Balaban J connectivity index is 1.47. The van der Waals surface area contributed by atoms with Crippen LogP contribution in [0.2, 0.25) is 0 Å². The summed E-state index contributed by atoms with van der Waals surface area (Å²) in [5.41, 5.74) is 2.52. The predicted octanol–water partition coefficient (Wildman–Crippen LogP) is 3.35. The van der Waals surface area contributed by atoms with E-state index in [-0.39, 0.29) is 0 Å². The van der Waals surface area contributed by atoms with Gasteiger partial charge in [0, 0.05) is 50.9 Å². The van der Waals surface area contributed by atoms with Crippen molar-refractivity contribution in [3.8, 4) is 5.75 Å². The molecule has 32 heavy (non-hydrogen) atoms. The highest BCUT2D eigenvalue weighted by atomic mass is 16.5. The third-order valence-corrected chi connectivity index (χ3v) is 6.02. The summed E-state index contributed by atoms with van der Waals surface area (Å²) < 4.78 is 5.99. The number of benzene rings is 2. The highest BCUT2D eigenvalue weighted by Gasteiger charge is 2.26. The van der Waals surface area contributed by atoms with E-state index in [9.17, 15) is 0 Å². The highest BCUT2D eigenvalue weighted by molar-refractivity contribution is 5.80. The number of nitrogens with one attached hydrogen (secondary N) is 2. The lowest BCUT2D eigenvalue weighted by molar-refractivity contribution is 0.134. The van der Waals surface area contributed by atoms with Crippen LogP contribution in [-0.4, -0.2) is 68.7 Å². The summed E-state index contributed by atoms with van der Waals surface area (Å²) in [5.74, 6) is 1.78. The number of para-hydroxylation sites is 1. The summed E-state index contributed by atoms with van der Waals surface area (Å²) in [7, 11) is 5.95. The first-order chi connectivity index (χ1) is 15.5. The molecule has 0 spiro atoms. The van der Waals surface area contributed by atoms with Crippen LogP contribution in [0.25, 0.3) is 0 Å². The molecule has 0 aliphatic carbocycles. The lowest BCUT2D eigenvalue weighted by Gasteiger charge is -2.38. The minimum Gasteiger partial charge on any atom is -0.492 e. The van der Waals surface area contributed by atoms with E-state index in [1.54, 1.807) is 0 Å². The van der Waals surface area contributed by atoms with Crippen LogP contribution in [0.3, 0.4) is 0 Å². The number of rotatable bonds is 9. The van der Waals surface area contributed by atoms with Gasteiger partial charge in [-0.15, -0.1) is 0 Å². The van der Waals surface area contributed by atoms with Crippen LogP contribution in [-0.2, 0) is 13.1 Å². The minimum absolute atomic E-state index is 0.426. The van der Waals surface area contributed by atoms with Crippen LogP contribution >= 0.6 is 0 Å². The SMILES string of the molecule is CN=C(NCc1ccccc1OCCN(C)C)NC1CCN(Cc2ccccc2)C(C)C1. The second-order valence-corrected chi connectivity index (χ2v) is 8.86. The van der Waals surface area contributed by atoms with Crippen molar-refractivity contribution in [3.05, 3.63) is 65.7 Å². The molecule has 3 rings (SSSR count). The van der Waals surface area contributed by atoms with E-state index in [0.29, 0.717) is 25.2 Å². The fourth-order valence-electron chi connectivity index (χ4n) is 4.10. The van der Waals surface area contributed by atoms with Gasteiger partial charge in [0.1, 0.15) is 12.4 Å². The van der Waals surface area contributed by atoms with Crippen LogP contribution in [0.15, 0.2) is 59.6 Å². The van der Waals surface area contributed by atoms with Crippen LogP contribution < -0.4 is 15.4 Å². The van der Waals surface area contributed by atoms with Crippen molar-refractivity contribution in [1.82, 2.24) is 20.4 Å². The fourth-order valence-corrected chi connectivity index (χ4v) is 4.10. The van der Waals surface area contributed by atoms with E-state index in [4.69, 9.17) is 4.74 Å². The number of nitrogens with zero attached hydrogens (tertiary/aromatic N) is 3. The molecule has 0 bridgehead atoms. The largest absolute Gasteiger partial charge is 0.492 e. The topological polar surface area (TPSA) is 52.1 Å². The molecule has 1 saturated heterocycles. The molecule has 2 aromatic carbocycles. The first-order valence-electron chi connectivity index (χ1n) is 11.7. The van der Waals surface area contributed by atoms with E-state index < -0.39 is 0 Å². The van der Waals surface area contributed by atoms with E-state index in [1.165, 1.54) is 5.56 Å². The Bertz CT molecular complexity index is 839. The number of piperidine rings is 1. The zero-order valence-corrected chi connectivity index (χ0v) is 20.1. The number of hydrogen-bond acceptors (Lipinski definition) is 4. The Morgan fingerprint density at radius 3 is 2.59 bits per heavy atom. The number of likely N-dealkylation sites (N-methyl/N-ethyl adjacent to an activating group) is 1. The Hall–Kier alpha value is -2.57. The van der Waals surface area contributed by atoms with Crippen LogP contribution in [0.1, 0.15) is 30.9 Å². The molecule has 0 amide bonds. The van der Waals surface area contributed by atoms with Crippen LogP contribution in [0.5, 0.6) is 5.75 Å². The average molecular weight is 438 g/mol. The van der Waals surface area contributed by atoms with Crippen LogP contribution in [0, 0.1) is 0 Å². The second kappa shape index (κ2) is 12.5. The maximum Gasteiger partial charge on any atom is 0.191 e. The Kier molecular flexibility index (Phi) is 9.38. The molecule has 0 aromatic heterocycles. The molecule has 2 unspecified atom stereocenters. The molecule has 2 aromatic rings. The van der Waals surface area contributed by atoms with Crippen molar-refractivity contribution in [2.45, 2.75) is 44.9 Å². The molecule has 2 atom stereocenters. The molecular formula is C26H39N5O. The van der Waals surface area contributed by atoms with E-state index >= 15 is 0 Å². The van der Waals surface area contributed by atoms with Gasteiger partial charge in [0.2, 0.25) is 0 Å². The van der Waals surface area contributed by atoms with Crippen LogP contribution in [0.4, 0.5) is 0 Å². The first-order valence-corrected chi connectivity index (χ1v) is 11.7. The summed E-state index contributed by atoms with van der Waals surface area (Å²) in [4.78, 5) is 9.16. The van der Waals surface area contributed by atoms with Crippen molar-refractivity contribution >= 4 is 5.96 Å². The number of likely N-dealkylation sites (tertiary alicyclic amines) is 1. The van der Waals surface area contributed by atoms with E-state index in [0.717, 1.165) is 49.7 Å². The summed E-state index contributed by atoms with van der Waals surface area (Å²) in [6.45, 7) is 6.69. The average Bonchev–Trinajstić information content (AvgIpc) is 2.79. The summed E-state index contributed by atoms with van der Waals surface area (Å²) in [5, 5.41) is 7.11. The van der Waals surface area contributed by atoms with Gasteiger partial charge < -0.3 is 20.3 Å². The zero-order valence-electron chi connectivity index (χ0n) is 20.1. The maximum absolute atomic E-state index is 5.99. The van der Waals surface area contributed by atoms with Gasteiger partial charge in [-0.2, -0.15) is 0 Å². The van der Waals surface area contributed by atoms with Gasteiger partial charge in [-0.1, -0.05) is 48.5 Å². The smallest absolute Gasteiger partial charge is 0.191 e. The molecule has 1 aliphatic rings. The Labute approximate surface area is 193 Å². The van der Waals surface area contributed by atoms with E-state index in [1.807, 2.05) is 19.2 Å². The molecule has 1 fully saturated rings. The van der Waals surface area contributed by atoms with Gasteiger partial charge in [0.05, 0.1) is 0 Å². The van der Waals surface area contributed by atoms with Gasteiger partial charge in [0.15, 0.2) is 5.96 Å². The van der Waals surface area contributed by atoms with Crippen molar-refractivity contribution in [2.75, 3.05) is 40.8 Å². The van der Waals surface area contributed by atoms with Gasteiger partial charge >= 0.3 is 0 Å². The van der Waals surface area contributed by atoms with Gasteiger partial charge in [-0.25, -0.2) is 0 Å².